The summed E-state index contributed by atoms with van der Waals surface area (Å²) in [5.41, 5.74) is 1.04. The Morgan fingerprint density at radius 1 is 1.02 bits per heavy atom. The highest BCUT2D eigenvalue weighted by Gasteiger charge is 2.33. The standard InChI is InChI=1S/C29H36N10O7/c1-3-11-30-27(40)39(23-9-4-17(13-31-23)18-14-33-26(46-2)34-15-18)20-7-5-19(6-8-20)35-25-32-16-21(29(43,44)45)24(36-25)22-10-12-38(37-22)28(41)42/h4,9-10,12-16,19-20,28,41-45H,3,5-8,11H2,1-2H3,(H,30,40)(H,32,35,36)/t19-,20-. The van der Waals surface area contributed by atoms with Crippen LogP contribution in [0.1, 0.15) is 51.0 Å². The third-order valence-electron chi connectivity index (χ3n) is 7.52. The monoisotopic (exact) mass is 636 g/mol. The maximum Gasteiger partial charge on any atom is 0.323 e. The number of pyridine rings is 1. The number of amides is 2. The number of aromatic nitrogens is 7. The molecule has 4 aromatic rings. The zero-order valence-electron chi connectivity index (χ0n) is 25.2. The maximum absolute atomic E-state index is 13.3. The van der Waals surface area contributed by atoms with Crippen molar-refractivity contribution in [2.45, 2.75) is 63.5 Å². The number of aliphatic hydroxyl groups is 5. The second-order valence-corrected chi connectivity index (χ2v) is 10.7. The minimum Gasteiger partial charge on any atom is -0.467 e. The van der Waals surface area contributed by atoms with Gasteiger partial charge < -0.3 is 40.9 Å². The van der Waals surface area contributed by atoms with Gasteiger partial charge in [0.15, 0.2) is 0 Å². The van der Waals surface area contributed by atoms with E-state index in [-0.39, 0.29) is 41.5 Å². The molecule has 17 nitrogen and oxygen atoms in total. The molecule has 0 atom stereocenters. The van der Waals surface area contributed by atoms with Gasteiger partial charge in [0.05, 0.1) is 12.7 Å². The Hall–Kier alpha value is -4.81. The van der Waals surface area contributed by atoms with Crippen molar-refractivity contribution in [3.63, 3.8) is 0 Å². The van der Waals surface area contributed by atoms with E-state index < -0.39 is 18.0 Å². The van der Waals surface area contributed by atoms with Crippen molar-refractivity contribution in [2.75, 3.05) is 23.9 Å². The number of methoxy groups -OCH3 is 1. The molecule has 0 radical (unpaired) electrons. The molecule has 4 aromatic heterocycles. The fourth-order valence-electron chi connectivity index (χ4n) is 5.19. The second-order valence-electron chi connectivity index (χ2n) is 10.7. The fraction of sp³-hybridized carbons (Fsp3) is 0.414. The normalized spacial score (nSPS) is 16.7. The van der Waals surface area contributed by atoms with E-state index >= 15 is 0 Å². The number of urea groups is 1. The molecule has 1 saturated carbocycles. The van der Waals surface area contributed by atoms with Gasteiger partial charge in [-0.2, -0.15) is 5.10 Å². The van der Waals surface area contributed by atoms with Crippen LogP contribution in [0.15, 0.2) is 49.2 Å². The largest absolute Gasteiger partial charge is 0.467 e. The van der Waals surface area contributed by atoms with Gasteiger partial charge in [-0.15, -0.1) is 0 Å². The van der Waals surface area contributed by atoms with Crippen LogP contribution in [0, 0.1) is 0 Å². The first-order valence-corrected chi connectivity index (χ1v) is 14.7. The molecular formula is C29H36N10O7. The summed E-state index contributed by atoms with van der Waals surface area (Å²) < 4.78 is 5.85. The third kappa shape index (κ3) is 7.52. The molecule has 0 saturated heterocycles. The molecule has 1 aliphatic carbocycles. The topological polar surface area (TPSA) is 237 Å². The Bertz CT molecular complexity index is 1600. The van der Waals surface area contributed by atoms with Crippen LogP contribution in [0.25, 0.3) is 22.5 Å². The zero-order chi connectivity index (χ0) is 32.8. The molecule has 4 heterocycles. The van der Waals surface area contributed by atoms with Gasteiger partial charge in [-0.05, 0) is 50.3 Å². The Labute approximate surface area is 263 Å². The number of aliphatic hydroxyl groups excluding tert-OH is 1. The van der Waals surface area contributed by atoms with E-state index in [1.165, 1.54) is 19.4 Å². The minimum atomic E-state index is -3.26. The first kappa shape index (κ1) is 32.6. The third-order valence-corrected chi connectivity index (χ3v) is 7.52. The first-order chi connectivity index (χ1) is 22.1. The lowest BCUT2D eigenvalue weighted by molar-refractivity contribution is -0.323. The lowest BCUT2D eigenvalue weighted by atomic mass is 9.90. The Balaban J connectivity index is 1.30. The van der Waals surface area contributed by atoms with Crippen molar-refractivity contribution in [2.24, 2.45) is 0 Å². The second kappa shape index (κ2) is 14.1. The van der Waals surface area contributed by atoms with Gasteiger partial charge in [0.2, 0.25) is 5.95 Å². The SMILES string of the molecule is CCCNC(=O)N(c1ccc(-c2cnc(OC)nc2)cn1)[C@H]1CC[C@H](Nc2ncc(C(O)(O)O)c(-c3ccn(C(O)O)n3)n2)CC1. The van der Waals surface area contributed by atoms with E-state index in [1.807, 2.05) is 13.0 Å². The summed E-state index contributed by atoms with van der Waals surface area (Å²) in [5.74, 6) is -2.60. The highest BCUT2D eigenvalue weighted by molar-refractivity contribution is 5.91. The molecule has 7 N–H and O–H groups in total. The van der Waals surface area contributed by atoms with Crippen LogP contribution >= 0.6 is 0 Å². The predicted molar refractivity (Wildman–Crippen MR) is 163 cm³/mol. The molecule has 17 heteroatoms. The van der Waals surface area contributed by atoms with Crippen LogP contribution in [0.4, 0.5) is 16.6 Å². The number of ether oxygens (including phenoxy) is 1. The van der Waals surface area contributed by atoms with Crippen LogP contribution in [0.5, 0.6) is 6.01 Å². The van der Waals surface area contributed by atoms with Crippen molar-refractivity contribution in [3.05, 3.63) is 54.7 Å². The van der Waals surface area contributed by atoms with Gasteiger partial charge in [-0.1, -0.05) is 6.92 Å². The van der Waals surface area contributed by atoms with Gasteiger partial charge in [0.1, 0.15) is 17.2 Å². The van der Waals surface area contributed by atoms with Crippen molar-refractivity contribution in [1.82, 2.24) is 40.0 Å². The van der Waals surface area contributed by atoms with Gasteiger partial charge in [0, 0.05) is 60.7 Å². The van der Waals surface area contributed by atoms with Gasteiger partial charge in [-0.25, -0.2) is 34.4 Å². The molecule has 0 bridgehead atoms. The van der Waals surface area contributed by atoms with Gasteiger partial charge in [0.25, 0.3) is 6.41 Å². The zero-order valence-corrected chi connectivity index (χ0v) is 25.2. The number of carbonyl (C=O) groups is 1. The summed E-state index contributed by atoms with van der Waals surface area (Å²) >= 11 is 0. The summed E-state index contributed by atoms with van der Waals surface area (Å²) in [6, 6.07) is 4.84. The maximum atomic E-state index is 13.3. The van der Waals surface area contributed by atoms with Crippen molar-refractivity contribution >= 4 is 17.8 Å². The van der Waals surface area contributed by atoms with E-state index in [2.05, 4.69) is 40.7 Å². The van der Waals surface area contributed by atoms with Gasteiger partial charge >= 0.3 is 18.0 Å². The summed E-state index contributed by atoms with van der Waals surface area (Å²) in [6.07, 6.45) is 8.72. The average Bonchev–Trinajstić information content (AvgIpc) is 3.56. The van der Waals surface area contributed by atoms with Crippen molar-refractivity contribution < 1.29 is 35.1 Å². The van der Waals surface area contributed by atoms with Crippen LogP contribution < -0.4 is 20.3 Å². The van der Waals surface area contributed by atoms with Gasteiger partial charge in [-0.3, -0.25) is 4.90 Å². The van der Waals surface area contributed by atoms with Crippen LogP contribution in [-0.4, -0.2) is 92.0 Å². The molecule has 1 fully saturated rings. The fourth-order valence-corrected chi connectivity index (χ4v) is 5.19. The molecule has 0 spiro atoms. The van der Waals surface area contributed by atoms with E-state index in [9.17, 15) is 30.3 Å². The molecule has 0 aromatic carbocycles. The van der Waals surface area contributed by atoms with Crippen LogP contribution in [0.3, 0.4) is 0 Å². The van der Waals surface area contributed by atoms with E-state index in [0.717, 1.165) is 28.4 Å². The summed E-state index contributed by atoms with van der Waals surface area (Å²) in [7, 11) is 1.49. The van der Waals surface area contributed by atoms with E-state index in [1.54, 1.807) is 29.6 Å². The summed E-state index contributed by atoms with van der Waals surface area (Å²) in [6.45, 7) is 2.50. The van der Waals surface area contributed by atoms with Crippen LogP contribution in [0.2, 0.25) is 0 Å². The lowest BCUT2D eigenvalue weighted by Gasteiger charge is -2.36. The summed E-state index contributed by atoms with van der Waals surface area (Å²) in [4.78, 5) is 36.4. The lowest BCUT2D eigenvalue weighted by Crippen LogP contribution is -2.49. The smallest absolute Gasteiger partial charge is 0.323 e. The summed E-state index contributed by atoms with van der Waals surface area (Å²) in [5, 5.41) is 58.5. The van der Waals surface area contributed by atoms with E-state index in [0.29, 0.717) is 38.0 Å². The highest BCUT2D eigenvalue weighted by Crippen LogP contribution is 2.31. The van der Waals surface area contributed by atoms with Crippen molar-refractivity contribution in [3.8, 4) is 28.5 Å². The Morgan fingerprint density at radius 2 is 1.74 bits per heavy atom. The Morgan fingerprint density at radius 3 is 2.33 bits per heavy atom. The number of hydrogen-bond acceptors (Lipinski definition) is 14. The van der Waals surface area contributed by atoms with E-state index in [4.69, 9.17) is 4.74 Å². The highest BCUT2D eigenvalue weighted by atomic mass is 16.7. The molecule has 0 aliphatic heterocycles. The van der Waals surface area contributed by atoms with Crippen LogP contribution in [-0.2, 0) is 5.97 Å². The average molecular weight is 637 g/mol. The number of nitrogens with zero attached hydrogens (tertiary/aromatic N) is 8. The number of rotatable bonds is 11. The molecular weight excluding hydrogens is 600 g/mol. The van der Waals surface area contributed by atoms with Crippen molar-refractivity contribution in [1.29, 1.82) is 0 Å². The molecule has 2 amide bonds. The minimum absolute atomic E-state index is 0.0468. The molecule has 5 rings (SSSR count). The molecule has 1 aliphatic rings. The quantitative estimate of drug-likeness (QED) is 0.114. The number of nitrogens with one attached hydrogen (secondary N) is 2. The molecule has 0 unspecified atom stereocenters. The number of carbonyl (C=O) groups excluding carboxylic acids is 1. The molecule has 46 heavy (non-hydrogen) atoms. The molecule has 244 valence electrons. The number of hydrogen-bond donors (Lipinski definition) is 7. The number of anilines is 2. The predicted octanol–water partition coefficient (Wildman–Crippen LogP) is 1.08. The first-order valence-electron chi connectivity index (χ1n) is 14.7. The Kier molecular flexibility index (Phi) is 9.98.